The molecule has 29 heavy (non-hydrogen) atoms. The van der Waals surface area contributed by atoms with Crippen LogP contribution in [0.5, 0.6) is 5.75 Å². The average Bonchev–Trinajstić information content (AvgIpc) is 2.71. The van der Waals surface area contributed by atoms with Crippen LogP contribution in [0.2, 0.25) is 0 Å². The molecule has 0 aliphatic heterocycles. The van der Waals surface area contributed by atoms with Crippen molar-refractivity contribution in [1.29, 1.82) is 0 Å². The van der Waals surface area contributed by atoms with Gasteiger partial charge < -0.3 is 9.84 Å². The fourth-order valence-corrected chi connectivity index (χ4v) is 2.72. The molecular formula is C21H23FN2O5. The lowest BCUT2D eigenvalue weighted by molar-refractivity contribution is -0.385. The van der Waals surface area contributed by atoms with Crippen LogP contribution in [-0.4, -0.2) is 35.4 Å². The first kappa shape index (κ1) is 21.9. The summed E-state index contributed by atoms with van der Waals surface area (Å²) in [5.74, 6) is 0.0100. The Kier molecular flexibility index (Phi) is 7.70. The number of alkyl halides is 1. The Balaban J connectivity index is 2.21. The topological polar surface area (TPSA) is 92.9 Å². The SMILES string of the molecule is CCC(C)N(C(=O)O)c1ccc(C=Cc2ccc([N+](=O)[O-])c(OCCF)c2)cc1. The minimum Gasteiger partial charge on any atom is -0.484 e. The van der Waals surface area contributed by atoms with E-state index in [0.717, 1.165) is 5.56 Å². The fraction of sp³-hybridized carbons (Fsp3) is 0.286. The van der Waals surface area contributed by atoms with Crippen molar-refractivity contribution in [2.45, 2.75) is 26.3 Å². The molecule has 0 fully saturated rings. The maximum atomic E-state index is 12.3. The van der Waals surface area contributed by atoms with Crippen molar-refractivity contribution in [3.05, 3.63) is 63.7 Å². The quantitative estimate of drug-likeness (QED) is 0.344. The monoisotopic (exact) mass is 402 g/mol. The molecule has 0 bridgehead atoms. The second-order valence-electron chi connectivity index (χ2n) is 6.36. The summed E-state index contributed by atoms with van der Waals surface area (Å²) in [4.78, 5) is 23.3. The van der Waals surface area contributed by atoms with Crippen LogP contribution < -0.4 is 9.64 Å². The smallest absolute Gasteiger partial charge is 0.412 e. The minimum absolute atomic E-state index is 0.0100. The summed E-state index contributed by atoms with van der Waals surface area (Å²) in [6, 6.07) is 11.3. The minimum atomic E-state index is -1.01. The first-order valence-corrected chi connectivity index (χ1v) is 9.14. The number of amides is 1. The van der Waals surface area contributed by atoms with Crippen LogP contribution in [0.15, 0.2) is 42.5 Å². The molecule has 1 atom stereocenters. The first-order chi connectivity index (χ1) is 13.9. The van der Waals surface area contributed by atoms with Gasteiger partial charge in [-0.2, -0.15) is 0 Å². The van der Waals surface area contributed by atoms with E-state index >= 15 is 0 Å². The van der Waals surface area contributed by atoms with Crippen LogP contribution in [0, 0.1) is 10.1 Å². The molecule has 1 N–H and O–H groups in total. The predicted octanol–water partition coefficient (Wildman–Crippen LogP) is 5.40. The highest BCUT2D eigenvalue weighted by Gasteiger charge is 2.19. The van der Waals surface area contributed by atoms with Gasteiger partial charge in [-0.3, -0.25) is 15.0 Å². The summed E-state index contributed by atoms with van der Waals surface area (Å²) < 4.78 is 17.5. The van der Waals surface area contributed by atoms with Crippen molar-refractivity contribution >= 4 is 29.6 Å². The predicted molar refractivity (Wildman–Crippen MR) is 110 cm³/mol. The van der Waals surface area contributed by atoms with Gasteiger partial charge in [0.05, 0.1) is 4.92 Å². The molecule has 154 valence electrons. The number of nitro benzene ring substituents is 1. The van der Waals surface area contributed by atoms with E-state index in [-0.39, 0.29) is 24.1 Å². The summed E-state index contributed by atoms with van der Waals surface area (Å²) in [5.41, 5.74) is 1.84. The van der Waals surface area contributed by atoms with E-state index in [1.54, 1.807) is 42.5 Å². The number of hydrogen-bond donors (Lipinski definition) is 1. The molecule has 8 heteroatoms. The highest BCUT2D eigenvalue weighted by atomic mass is 19.1. The maximum Gasteiger partial charge on any atom is 0.412 e. The number of nitrogens with zero attached hydrogens (tertiary/aromatic N) is 2. The maximum absolute atomic E-state index is 12.3. The highest BCUT2D eigenvalue weighted by Crippen LogP contribution is 2.29. The third-order valence-corrected chi connectivity index (χ3v) is 4.39. The van der Waals surface area contributed by atoms with E-state index in [1.807, 2.05) is 13.8 Å². The Morgan fingerprint density at radius 3 is 2.41 bits per heavy atom. The van der Waals surface area contributed by atoms with Crippen LogP contribution in [0.3, 0.4) is 0 Å². The van der Waals surface area contributed by atoms with E-state index < -0.39 is 17.7 Å². The van der Waals surface area contributed by atoms with Gasteiger partial charge >= 0.3 is 11.8 Å². The molecular weight excluding hydrogens is 379 g/mol. The van der Waals surface area contributed by atoms with Gasteiger partial charge in [-0.1, -0.05) is 31.2 Å². The number of rotatable bonds is 9. The number of anilines is 1. The van der Waals surface area contributed by atoms with Gasteiger partial charge in [-0.05, 0) is 48.7 Å². The van der Waals surface area contributed by atoms with E-state index in [0.29, 0.717) is 17.7 Å². The fourth-order valence-electron chi connectivity index (χ4n) is 2.72. The van der Waals surface area contributed by atoms with Crippen molar-refractivity contribution in [3.63, 3.8) is 0 Å². The van der Waals surface area contributed by atoms with Gasteiger partial charge in [-0.25, -0.2) is 9.18 Å². The van der Waals surface area contributed by atoms with Crippen LogP contribution in [0.1, 0.15) is 31.4 Å². The molecule has 0 heterocycles. The molecule has 0 aromatic heterocycles. The molecule has 0 aliphatic rings. The second-order valence-corrected chi connectivity index (χ2v) is 6.36. The Bertz CT molecular complexity index is 883. The second kappa shape index (κ2) is 10.2. The van der Waals surface area contributed by atoms with Gasteiger partial charge in [-0.15, -0.1) is 0 Å². The van der Waals surface area contributed by atoms with Crippen molar-refractivity contribution in [2.75, 3.05) is 18.2 Å². The van der Waals surface area contributed by atoms with E-state index in [1.165, 1.54) is 17.0 Å². The number of nitro groups is 1. The molecule has 1 unspecified atom stereocenters. The zero-order chi connectivity index (χ0) is 21.4. The average molecular weight is 402 g/mol. The van der Waals surface area contributed by atoms with Crippen LogP contribution in [0.4, 0.5) is 20.6 Å². The van der Waals surface area contributed by atoms with Crippen LogP contribution in [-0.2, 0) is 0 Å². The molecule has 0 spiro atoms. The zero-order valence-corrected chi connectivity index (χ0v) is 16.2. The third kappa shape index (κ3) is 5.78. The van der Waals surface area contributed by atoms with Gasteiger partial charge in [0, 0.05) is 17.8 Å². The summed E-state index contributed by atoms with van der Waals surface area (Å²) in [7, 11) is 0. The largest absolute Gasteiger partial charge is 0.484 e. The molecule has 0 saturated heterocycles. The lowest BCUT2D eigenvalue weighted by Gasteiger charge is -2.25. The molecule has 2 rings (SSSR count). The Hall–Kier alpha value is -3.42. The summed E-state index contributed by atoms with van der Waals surface area (Å²) in [6.07, 6.45) is 3.22. The zero-order valence-electron chi connectivity index (χ0n) is 16.2. The van der Waals surface area contributed by atoms with Crippen molar-refractivity contribution in [1.82, 2.24) is 0 Å². The van der Waals surface area contributed by atoms with Gasteiger partial charge in [0.2, 0.25) is 0 Å². The number of benzene rings is 2. The van der Waals surface area contributed by atoms with Gasteiger partial charge in [0.1, 0.15) is 13.3 Å². The number of hydrogen-bond acceptors (Lipinski definition) is 4. The first-order valence-electron chi connectivity index (χ1n) is 9.14. The lowest BCUT2D eigenvalue weighted by atomic mass is 10.1. The van der Waals surface area contributed by atoms with Crippen LogP contribution >= 0.6 is 0 Å². The molecule has 2 aromatic rings. The summed E-state index contributed by atoms with van der Waals surface area (Å²) in [5, 5.41) is 20.5. The number of carboxylic acid groups (broad SMARTS) is 1. The molecule has 0 radical (unpaired) electrons. The molecule has 7 nitrogen and oxygen atoms in total. The molecule has 1 amide bonds. The van der Waals surface area contributed by atoms with Gasteiger partial charge in [0.25, 0.3) is 0 Å². The number of ether oxygens (including phenoxy) is 1. The third-order valence-electron chi connectivity index (χ3n) is 4.39. The van der Waals surface area contributed by atoms with E-state index in [9.17, 15) is 24.4 Å². The normalized spacial score (nSPS) is 12.0. The summed E-state index contributed by atoms with van der Waals surface area (Å²) in [6.45, 7) is 2.77. The number of halogens is 1. The Labute approximate surface area is 168 Å². The standard InChI is InChI=1S/C21H23FN2O5/c1-3-15(2)23(21(25)26)18-9-6-16(7-10-18)4-5-17-8-11-19(24(27)28)20(14-17)29-13-12-22/h4-11,14-15H,3,12-13H2,1-2H3,(H,25,26). The highest BCUT2D eigenvalue weighted by molar-refractivity contribution is 5.87. The van der Waals surface area contributed by atoms with Crippen molar-refractivity contribution in [2.24, 2.45) is 0 Å². The van der Waals surface area contributed by atoms with Crippen molar-refractivity contribution < 1.29 is 24.0 Å². The number of carbonyl (C=O) groups is 1. The lowest BCUT2D eigenvalue weighted by Crippen LogP contribution is -2.37. The summed E-state index contributed by atoms with van der Waals surface area (Å²) >= 11 is 0. The van der Waals surface area contributed by atoms with Crippen LogP contribution in [0.25, 0.3) is 12.2 Å². The molecule has 0 saturated carbocycles. The van der Waals surface area contributed by atoms with Gasteiger partial charge in [0.15, 0.2) is 5.75 Å². The van der Waals surface area contributed by atoms with E-state index in [4.69, 9.17) is 4.74 Å². The molecule has 2 aromatic carbocycles. The Morgan fingerprint density at radius 1 is 1.24 bits per heavy atom. The van der Waals surface area contributed by atoms with E-state index in [2.05, 4.69) is 0 Å². The molecule has 0 aliphatic carbocycles. The van der Waals surface area contributed by atoms with Crippen molar-refractivity contribution in [3.8, 4) is 5.75 Å². The Morgan fingerprint density at radius 2 is 1.86 bits per heavy atom.